The van der Waals surface area contributed by atoms with E-state index in [1.165, 1.54) is 0 Å². The molecule has 3 fully saturated rings. The number of hydrogen-bond donors (Lipinski definition) is 4. The molecule has 7 rings (SSSR count). The molecule has 4 aromatic rings. The summed E-state index contributed by atoms with van der Waals surface area (Å²) in [6, 6.07) is 0. The number of fused-ring (bicyclic) bond motifs is 5. The van der Waals surface area contributed by atoms with Crippen LogP contribution < -0.4 is 16.9 Å². The van der Waals surface area contributed by atoms with E-state index in [0.29, 0.717) is 0 Å². The zero-order valence-electron chi connectivity index (χ0n) is 21.8. The third-order valence-corrected chi connectivity index (χ3v) is 9.63. The summed E-state index contributed by atoms with van der Waals surface area (Å²) in [7, 11) is -3.54. The van der Waals surface area contributed by atoms with Gasteiger partial charge in [0.25, 0.3) is 11.1 Å². The zero-order chi connectivity index (χ0) is 30.9. The third-order valence-electron chi connectivity index (χ3n) is 7.15. The van der Waals surface area contributed by atoms with E-state index in [9.17, 15) is 18.7 Å². The van der Waals surface area contributed by atoms with Gasteiger partial charge in [-0.15, -0.1) is 0 Å². The number of anilines is 1. The van der Waals surface area contributed by atoms with Gasteiger partial charge in [-0.1, -0.05) is 12.2 Å². The van der Waals surface area contributed by atoms with Crippen molar-refractivity contribution in [3.63, 3.8) is 0 Å². The van der Waals surface area contributed by atoms with Gasteiger partial charge in [0.2, 0.25) is 5.95 Å². The molecular weight excluding hydrogens is 658 g/mol. The van der Waals surface area contributed by atoms with Gasteiger partial charge in [0.15, 0.2) is 47.1 Å². The summed E-state index contributed by atoms with van der Waals surface area (Å²) in [5.74, 6) is -0.264. The fourth-order valence-electron chi connectivity index (χ4n) is 5.18. The highest BCUT2D eigenvalue weighted by Gasteiger charge is 2.53. The van der Waals surface area contributed by atoms with Crippen LogP contribution in [0.15, 0.2) is 28.6 Å². The molecule has 0 amide bonds. The van der Waals surface area contributed by atoms with Gasteiger partial charge in [0, 0.05) is 0 Å². The van der Waals surface area contributed by atoms with Crippen LogP contribution >= 0.6 is 27.3 Å². The van der Waals surface area contributed by atoms with Crippen molar-refractivity contribution in [2.24, 2.45) is 0 Å². The minimum absolute atomic E-state index is 0.0118. The number of aromatic amines is 2. The molecule has 4 aromatic heterocycles. The lowest BCUT2D eigenvalue weighted by Gasteiger charge is -2.25. The van der Waals surface area contributed by atoms with E-state index in [1.807, 2.05) is 0 Å². The van der Waals surface area contributed by atoms with Gasteiger partial charge in [-0.3, -0.25) is 37.3 Å². The Balaban J connectivity index is 1.19. The second kappa shape index (κ2) is 11.1. The standard InChI is InChI=1S/C20H21F2N9O10P2S/c21-8-6-1-36-42(34)40-12-7(39-18(9(12)22)30-4-26-10-14(30)24-3-25-16(10)32)2-37-43(35,44)41-13(8)19(38-6)31-5-27-11-15(31)28-20(23)29-17(11)33/h3-9,12-13,18-19,42H,1-2H2,(H,35,44)(H,24,25,32)(H3,23,28,29,33)/t6-,7-,8+,9+,12-,13-,18-,19-,43?/m1/s1. The van der Waals surface area contributed by atoms with E-state index in [-0.39, 0.29) is 28.3 Å². The van der Waals surface area contributed by atoms with Crippen molar-refractivity contribution >= 4 is 55.6 Å². The van der Waals surface area contributed by atoms with Crippen molar-refractivity contribution in [1.29, 1.82) is 0 Å². The first-order valence-corrected chi connectivity index (χ1v) is 16.6. The molecule has 4 N–H and O–H groups in total. The monoisotopic (exact) mass is 679 g/mol. The second-order valence-electron chi connectivity index (χ2n) is 9.83. The first-order valence-electron chi connectivity index (χ1n) is 12.7. The molecule has 3 aliphatic rings. The van der Waals surface area contributed by atoms with Crippen molar-refractivity contribution in [1.82, 2.24) is 39.0 Å². The molecule has 10 atom stereocenters. The van der Waals surface area contributed by atoms with Gasteiger partial charge in [0.05, 0.1) is 32.2 Å². The number of halogens is 2. The van der Waals surface area contributed by atoms with Crippen LogP contribution in [-0.2, 0) is 36.7 Å². The molecule has 44 heavy (non-hydrogen) atoms. The van der Waals surface area contributed by atoms with Gasteiger partial charge in [-0.2, -0.15) is 4.98 Å². The van der Waals surface area contributed by atoms with E-state index in [1.54, 1.807) is 0 Å². The highest BCUT2D eigenvalue weighted by molar-refractivity contribution is 8.44. The number of nitrogens with one attached hydrogen (secondary N) is 2. The highest BCUT2D eigenvalue weighted by Crippen LogP contribution is 2.58. The Morgan fingerprint density at radius 2 is 1.68 bits per heavy atom. The predicted molar refractivity (Wildman–Crippen MR) is 146 cm³/mol. The van der Waals surface area contributed by atoms with Crippen molar-refractivity contribution in [2.75, 3.05) is 18.9 Å². The summed E-state index contributed by atoms with van der Waals surface area (Å²) in [6.45, 7) is -5.85. The number of ether oxygens (including phenoxy) is 2. The maximum absolute atomic E-state index is 15.8. The maximum atomic E-state index is 15.8. The maximum Gasteiger partial charge on any atom is 0.386 e. The summed E-state index contributed by atoms with van der Waals surface area (Å²) in [5.41, 5.74) is 4.04. The van der Waals surface area contributed by atoms with Gasteiger partial charge in [0.1, 0.15) is 24.4 Å². The number of nitrogens with two attached hydrogens (primary N) is 1. The molecule has 2 bridgehead atoms. The Kier molecular flexibility index (Phi) is 7.46. The molecule has 0 radical (unpaired) electrons. The molecule has 0 spiro atoms. The van der Waals surface area contributed by atoms with Crippen LogP contribution in [0.4, 0.5) is 14.7 Å². The fraction of sp³-hybridized carbons (Fsp3) is 0.500. The molecule has 0 aromatic carbocycles. The first kappa shape index (κ1) is 29.6. The lowest BCUT2D eigenvalue weighted by molar-refractivity contribution is -0.0559. The molecule has 3 aliphatic heterocycles. The van der Waals surface area contributed by atoms with Crippen LogP contribution in [0.25, 0.3) is 22.3 Å². The van der Waals surface area contributed by atoms with Crippen molar-refractivity contribution < 1.29 is 45.5 Å². The van der Waals surface area contributed by atoms with Crippen LogP contribution in [0.3, 0.4) is 0 Å². The summed E-state index contributed by atoms with van der Waals surface area (Å²) in [5, 5.41) is 0. The minimum Gasteiger partial charge on any atom is -0.369 e. The minimum atomic E-state index is -4.48. The summed E-state index contributed by atoms with van der Waals surface area (Å²) in [4.78, 5) is 44.9. The quantitative estimate of drug-likeness (QED) is 0.167. The van der Waals surface area contributed by atoms with E-state index in [0.717, 1.165) is 28.1 Å². The summed E-state index contributed by atoms with van der Waals surface area (Å²) >= 11 is 3.97. The van der Waals surface area contributed by atoms with Crippen LogP contribution in [0, 0.1) is 0 Å². The number of hydrogen-bond acceptors (Lipinski definition) is 15. The van der Waals surface area contributed by atoms with E-state index < -0.39 is 88.6 Å². The Bertz CT molecular complexity index is 1940. The van der Waals surface area contributed by atoms with Crippen LogP contribution in [-0.4, -0.2) is 89.0 Å². The number of alkyl halides is 2. The van der Waals surface area contributed by atoms with Crippen molar-refractivity contribution in [3.05, 3.63) is 39.7 Å². The van der Waals surface area contributed by atoms with Gasteiger partial charge in [-0.05, 0) is 0 Å². The molecule has 3 saturated heterocycles. The number of thiol groups is 1. The van der Waals surface area contributed by atoms with Gasteiger partial charge in [-0.25, -0.2) is 28.3 Å². The average molecular weight is 679 g/mol. The molecule has 19 nitrogen and oxygen atoms in total. The van der Waals surface area contributed by atoms with Crippen molar-refractivity contribution in [3.8, 4) is 0 Å². The Labute approximate surface area is 248 Å². The second-order valence-corrected chi connectivity index (χ2v) is 13.7. The van der Waals surface area contributed by atoms with Gasteiger partial charge >= 0.3 is 15.1 Å². The molecule has 236 valence electrons. The Hall–Kier alpha value is -3.07. The number of nitrogen functional groups attached to an aromatic ring is 1. The highest BCUT2D eigenvalue weighted by atomic mass is 32.7. The Morgan fingerprint density at radius 1 is 0.977 bits per heavy atom. The largest absolute Gasteiger partial charge is 0.386 e. The third kappa shape index (κ3) is 5.09. The SMILES string of the molecule is Nc1nc2c(ncn2[C@@H]2O[C@@H]3CO[PH](=O)O[C@H]4[C@H](F)[C@H](n5cnc6c(=O)[nH]cnc65)O[C@@H]4COP(=O)(S)O[C@@H]2[C@H]3F)c(=O)[nH]1. The molecule has 7 heterocycles. The molecular formula is C20H21F2N9O10P2S. The normalized spacial score (nSPS) is 36.6. The van der Waals surface area contributed by atoms with Gasteiger partial charge < -0.3 is 29.2 Å². The average Bonchev–Trinajstić information content (AvgIpc) is 3.72. The molecule has 2 unspecified atom stereocenters. The summed E-state index contributed by atoms with van der Waals surface area (Å²) in [6.07, 6.45) is -9.91. The molecule has 24 heteroatoms. The number of H-pyrrole nitrogens is 2. The zero-order valence-corrected chi connectivity index (χ0v) is 24.5. The van der Waals surface area contributed by atoms with E-state index >= 15 is 8.78 Å². The topological polar surface area (TPSA) is 243 Å². The molecule has 0 saturated carbocycles. The number of aromatic nitrogens is 8. The first-order chi connectivity index (χ1) is 21.0. The van der Waals surface area contributed by atoms with Crippen molar-refractivity contribution in [2.45, 2.75) is 49.2 Å². The fourth-order valence-corrected chi connectivity index (χ4v) is 7.51. The van der Waals surface area contributed by atoms with Crippen LogP contribution in [0.1, 0.15) is 12.5 Å². The molecule has 0 aliphatic carbocycles. The summed E-state index contributed by atoms with van der Waals surface area (Å²) < 4.78 is 93.0. The number of rotatable bonds is 2. The lowest BCUT2D eigenvalue weighted by atomic mass is 10.1. The van der Waals surface area contributed by atoms with E-state index in [2.05, 4.69) is 42.2 Å². The van der Waals surface area contributed by atoms with Crippen LogP contribution in [0.5, 0.6) is 0 Å². The number of imidazole rings is 2. The number of nitrogens with zero attached hydrogens (tertiary/aromatic N) is 6. The smallest absolute Gasteiger partial charge is 0.369 e. The lowest BCUT2D eigenvalue weighted by Crippen LogP contribution is -2.33. The van der Waals surface area contributed by atoms with Crippen LogP contribution in [0.2, 0.25) is 0 Å². The predicted octanol–water partition coefficient (Wildman–Crippen LogP) is 0.551. The Morgan fingerprint density at radius 3 is 2.45 bits per heavy atom. The van der Waals surface area contributed by atoms with E-state index in [4.69, 9.17) is 33.3 Å².